The summed E-state index contributed by atoms with van der Waals surface area (Å²) in [7, 11) is 0. The highest BCUT2D eigenvalue weighted by molar-refractivity contribution is 7.99. The van der Waals surface area contributed by atoms with Crippen LogP contribution >= 0.6 is 11.8 Å². The number of rotatable bonds is 4. The Bertz CT molecular complexity index is 471. The summed E-state index contributed by atoms with van der Waals surface area (Å²) in [5.74, 6) is 0. The van der Waals surface area contributed by atoms with Crippen molar-refractivity contribution < 1.29 is 0 Å². The largest absolute Gasteiger partial charge is 0.324 e. The van der Waals surface area contributed by atoms with Gasteiger partial charge in [-0.2, -0.15) is 0 Å². The van der Waals surface area contributed by atoms with Gasteiger partial charge in [0, 0.05) is 17.1 Å². The van der Waals surface area contributed by atoms with Crippen LogP contribution < -0.4 is 5.73 Å². The van der Waals surface area contributed by atoms with Gasteiger partial charge in [-0.1, -0.05) is 43.0 Å². The Hall–Kier alpha value is -1.32. The summed E-state index contributed by atoms with van der Waals surface area (Å²) in [6.07, 6.45) is 2.75. The highest BCUT2D eigenvalue weighted by Gasteiger charge is 2.09. The van der Waals surface area contributed by atoms with E-state index in [4.69, 9.17) is 5.73 Å². The molecule has 1 heterocycles. The third-order valence-corrected chi connectivity index (χ3v) is 3.65. The summed E-state index contributed by atoms with van der Waals surface area (Å²) in [6, 6.07) is 14.3. The summed E-state index contributed by atoms with van der Waals surface area (Å²) >= 11 is 1.67. The number of hydrogen-bond acceptors (Lipinski definition) is 3. The molecule has 2 N–H and O–H groups in total. The van der Waals surface area contributed by atoms with Crippen molar-refractivity contribution in [3.05, 3.63) is 54.2 Å². The van der Waals surface area contributed by atoms with Gasteiger partial charge >= 0.3 is 0 Å². The molecule has 0 aliphatic heterocycles. The van der Waals surface area contributed by atoms with Crippen LogP contribution in [0.4, 0.5) is 0 Å². The molecular formula is C14H16N2S. The first kappa shape index (κ1) is 12.1. The first-order valence-electron chi connectivity index (χ1n) is 5.74. The molecule has 0 radical (unpaired) electrons. The van der Waals surface area contributed by atoms with E-state index in [1.807, 2.05) is 36.5 Å². The second-order valence-electron chi connectivity index (χ2n) is 3.82. The van der Waals surface area contributed by atoms with Gasteiger partial charge in [-0.15, -0.1) is 0 Å². The van der Waals surface area contributed by atoms with Crippen molar-refractivity contribution in [1.29, 1.82) is 0 Å². The van der Waals surface area contributed by atoms with E-state index < -0.39 is 0 Å². The maximum Gasteiger partial charge on any atom is 0.101 e. The van der Waals surface area contributed by atoms with Crippen LogP contribution in [-0.4, -0.2) is 4.98 Å². The van der Waals surface area contributed by atoms with Crippen molar-refractivity contribution in [1.82, 2.24) is 4.98 Å². The van der Waals surface area contributed by atoms with Gasteiger partial charge in [0.25, 0.3) is 0 Å². The SMILES string of the molecule is CC[C@H](N)c1ccccc1Sc1ccccn1. The lowest BCUT2D eigenvalue weighted by Crippen LogP contribution is -2.09. The molecular weight excluding hydrogens is 228 g/mol. The molecule has 1 aromatic carbocycles. The quantitative estimate of drug-likeness (QED) is 0.892. The highest BCUT2D eigenvalue weighted by atomic mass is 32.2. The molecule has 1 aromatic heterocycles. The van der Waals surface area contributed by atoms with E-state index in [0.29, 0.717) is 0 Å². The number of nitrogens with zero attached hydrogens (tertiary/aromatic N) is 1. The minimum atomic E-state index is 0.0995. The molecule has 0 aliphatic rings. The number of aromatic nitrogens is 1. The van der Waals surface area contributed by atoms with Gasteiger partial charge in [-0.3, -0.25) is 0 Å². The Morgan fingerprint density at radius 2 is 1.94 bits per heavy atom. The predicted molar refractivity (Wildman–Crippen MR) is 72.0 cm³/mol. The van der Waals surface area contributed by atoms with E-state index in [2.05, 4.69) is 24.0 Å². The maximum absolute atomic E-state index is 6.11. The molecule has 2 aromatic rings. The molecule has 88 valence electrons. The van der Waals surface area contributed by atoms with Crippen molar-refractivity contribution in [3.8, 4) is 0 Å². The van der Waals surface area contributed by atoms with Crippen molar-refractivity contribution in [2.75, 3.05) is 0 Å². The molecule has 0 amide bonds. The molecule has 3 heteroatoms. The minimum absolute atomic E-state index is 0.0995. The number of nitrogens with two attached hydrogens (primary N) is 1. The third kappa shape index (κ3) is 3.08. The molecule has 0 saturated carbocycles. The Morgan fingerprint density at radius 1 is 1.18 bits per heavy atom. The first-order valence-corrected chi connectivity index (χ1v) is 6.56. The second-order valence-corrected chi connectivity index (χ2v) is 4.88. The van der Waals surface area contributed by atoms with Crippen LogP contribution in [0.15, 0.2) is 58.6 Å². The smallest absolute Gasteiger partial charge is 0.101 e. The zero-order valence-corrected chi connectivity index (χ0v) is 10.7. The highest BCUT2D eigenvalue weighted by Crippen LogP contribution is 2.32. The molecule has 0 spiro atoms. The summed E-state index contributed by atoms with van der Waals surface area (Å²) in [5.41, 5.74) is 7.31. The summed E-state index contributed by atoms with van der Waals surface area (Å²) in [6.45, 7) is 2.10. The van der Waals surface area contributed by atoms with Gasteiger partial charge in [0.15, 0.2) is 0 Å². The van der Waals surface area contributed by atoms with E-state index in [1.54, 1.807) is 11.8 Å². The van der Waals surface area contributed by atoms with Crippen LogP contribution in [0.25, 0.3) is 0 Å². The molecule has 0 fully saturated rings. The topological polar surface area (TPSA) is 38.9 Å². The first-order chi connectivity index (χ1) is 8.31. The average molecular weight is 244 g/mol. The van der Waals surface area contributed by atoms with Crippen molar-refractivity contribution in [2.45, 2.75) is 29.3 Å². The third-order valence-electron chi connectivity index (χ3n) is 2.61. The van der Waals surface area contributed by atoms with Gasteiger partial charge < -0.3 is 5.73 Å². The van der Waals surface area contributed by atoms with Gasteiger partial charge in [-0.05, 0) is 30.2 Å². The van der Waals surface area contributed by atoms with Crippen LogP contribution in [0.3, 0.4) is 0 Å². The van der Waals surface area contributed by atoms with Crippen LogP contribution in [0, 0.1) is 0 Å². The Kier molecular flexibility index (Phi) is 4.18. The van der Waals surface area contributed by atoms with E-state index in [9.17, 15) is 0 Å². The fourth-order valence-electron chi connectivity index (χ4n) is 1.62. The monoisotopic (exact) mass is 244 g/mol. The average Bonchev–Trinajstić information content (AvgIpc) is 2.40. The molecule has 0 bridgehead atoms. The molecule has 0 unspecified atom stereocenters. The van der Waals surface area contributed by atoms with Crippen LogP contribution in [-0.2, 0) is 0 Å². The van der Waals surface area contributed by atoms with E-state index in [-0.39, 0.29) is 6.04 Å². The van der Waals surface area contributed by atoms with Crippen molar-refractivity contribution >= 4 is 11.8 Å². The molecule has 17 heavy (non-hydrogen) atoms. The van der Waals surface area contributed by atoms with Gasteiger partial charge in [0.2, 0.25) is 0 Å². The summed E-state index contributed by atoms with van der Waals surface area (Å²) in [4.78, 5) is 5.52. The minimum Gasteiger partial charge on any atom is -0.324 e. The van der Waals surface area contributed by atoms with E-state index in [1.165, 1.54) is 10.5 Å². The fraction of sp³-hybridized carbons (Fsp3) is 0.214. The number of hydrogen-bond donors (Lipinski definition) is 1. The maximum atomic E-state index is 6.11. The van der Waals surface area contributed by atoms with Gasteiger partial charge in [-0.25, -0.2) is 4.98 Å². The molecule has 2 nitrogen and oxygen atoms in total. The standard InChI is InChI=1S/C14H16N2S/c1-2-12(15)11-7-3-4-8-13(11)17-14-9-5-6-10-16-14/h3-10,12H,2,15H2,1H3/t12-/m0/s1. The van der Waals surface area contributed by atoms with E-state index in [0.717, 1.165) is 11.4 Å². The van der Waals surface area contributed by atoms with Gasteiger partial charge in [0.05, 0.1) is 0 Å². The van der Waals surface area contributed by atoms with Crippen LogP contribution in [0.5, 0.6) is 0 Å². The Morgan fingerprint density at radius 3 is 2.65 bits per heavy atom. The molecule has 0 aliphatic carbocycles. The predicted octanol–water partition coefficient (Wildman–Crippen LogP) is 3.64. The van der Waals surface area contributed by atoms with Crippen LogP contribution in [0.1, 0.15) is 24.9 Å². The van der Waals surface area contributed by atoms with E-state index >= 15 is 0 Å². The van der Waals surface area contributed by atoms with Crippen molar-refractivity contribution in [2.24, 2.45) is 5.73 Å². The number of benzene rings is 1. The van der Waals surface area contributed by atoms with Crippen molar-refractivity contribution in [3.63, 3.8) is 0 Å². The molecule has 2 rings (SSSR count). The lowest BCUT2D eigenvalue weighted by molar-refractivity contribution is 0.685. The summed E-state index contributed by atoms with van der Waals surface area (Å²) < 4.78 is 0. The Labute approximate surface area is 106 Å². The fourth-order valence-corrected chi connectivity index (χ4v) is 2.59. The lowest BCUT2D eigenvalue weighted by atomic mass is 10.1. The van der Waals surface area contributed by atoms with Gasteiger partial charge in [0.1, 0.15) is 5.03 Å². The van der Waals surface area contributed by atoms with Crippen LogP contribution in [0.2, 0.25) is 0 Å². The molecule has 1 atom stereocenters. The summed E-state index contributed by atoms with van der Waals surface area (Å²) in [5, 5.41) is 1.00. The number of pyridine rings is 1. The second kappa shape index (κ2) is 5.84. The lowest BCUT2D eigenvalue weighted by Gasteiger charge is -2.13. The zero-order valence-electron chi connectivity index (χ0n) is 9.84. The zero-order chi connectivity index (χ0) is 12.1. The Balaban J connectivity index is 2.27. The normalized spacial score (nSPS) is 12.4. The molecule has 0 saturated heterocycles.